The fourth-order valence-electron chi connectivity index (χ4n) is 0.986. The number of pyridine rings is 1. The molecule has 1 N–H and O–H groups in total. The van der Waals surface area contributed by atoms with Gasteiger partial charge in [0.15, 0.2) is 0 Å². The number of hydrogen-bond donors (Lipinski definition) is 1. The van der Waals surface area contributed by atoms with E-state index in [0.29, 0.717) is 0 Å². The van der Waals surface area contributed by atoms with Crippen LogP contribution in [0.25, 0.3) is 0 Å². The molecule has 0 aromatic carbocycles. The fraction of sp³-hybridized carbons (Fsp3) is 0.333. The highest BCUT2D eigenvalue weighted by atomic mass is 35.5. The van der Waals surface area contributed by atoms with Gasteiger partial charge in [-0.25, -0.2) is 0 Å². The Bertz CT molecular complexity index is 276. The SMILES string of the molecule is CC(NC(=O)CCl)c1ccccn1. The Labute approximate surface area is 82.1 Å². The van der Waals surface area contributed by atoms with E-state index in [2.05, 4.69) is 10.3 Å². The third-order valence-electron chi connectivity index (χ3n) is 1.63. The van der Waals surface area contributed by atoms with Gasteiger partial charge in [-0.2, -0.15) is 0 Å². The van der Waals surface area contributed by atoms with Crippen molar-refractivity contribution in [2.75, 3.05) is 5.88 Å². The van der Waals surface area contributed by atoms with E-state index in [9.17, 15) is 4.79 Å². The Hall–Kier alpha value is -1.09. The minimum Gasteiger partial charge on any atom is -0.347 e. The standard InChI is InChI=1S/C9H11ClN2O/c1-7(12-9(13)6-10)8-4-2-3-5-11-8/h2-5,7H,6H2,1H3,(H,12,13). The van der Waals surface area contributed by atoms with E-state index in [4.69, 9.17) is 11.6 Å². The number of alkyl halides is 1. The van der Waals surface area contributed by atoms with E-state index in [0.717, 1.165) is 5.69 Å². The molecule has 1 rings (SSSR count). The van der Waals surface area contributed by atoms with E-state index in [1.165, 1.54) is 0 Å². The molecule has 3 nitrogen and oxygen atoms in total. The summed E-state index contributed by atoms with van der Waals surface area (Å²) in [6.07, 6.45) is 1.69. The second-order valence-electron chi connectivity index (χ2n) is 2.68. The first-order chi connectivity index (χ1) is 6.24. The summed E-state index contributed by atoms with van der Waals surface area (Å²) in [6, 6.07) is 5.48. The predicted molar refractivity (Wildman–Crippen MR) is 51.5 cm³/mol. The molecule has 13 heavy (non-hydrogen) atoms. The van der Waals surface area contributed by atoms with E-state index < -0.39 is 0 Å². The molecule has 1 unspecified atom stereocenters. The molecule has 0 saturated carbocycles. The Balaban J connectivity index is 2.59. The average molecular weight is 199 g/mol. The molecule has 0 aliphatic rings. The van der Waals surface area contributed by atoms with Crippen molar-refractivity contribution in [2.24, 2.45) is 0 Å². The molecule has 0 saturated heterocycles. The highest BCUT2D eigenvalue weighted by Gasteiger charge is 2.08. The predicted octanol–water partition coefficient (Wildman–Crippen LogP) is 1.50. The van der Waals surface area contributed by atoms with Gasteiger partial charge >= 0.3 is 0 Å². The van der Waals surface area contributed by atoms with Crippen LogP contribution >= 0.6 is 11.6 Å². The first kappa shape index (κ1) is 9.99. The summed E-state index contributed by atoms with van der Waals surface area (Å²) < 4.78 is 0. The lowest BCUT2D eigenvalue weighted by Gasteiger charge is -2.11. The summed E-state index contributed by atoms with van der Waals surface area (Å²) >= 11 is 5.35. The molecule has 70 valence electrons. The van der Waals surface area contributed by atoms with Crippen molar-refractivity contribution in [2.45, 2.75) is 13.0 Å². The van der Waals surface area contributed by atoms with Crippen LogP contribution < -0.4 is 5.32 Å². The van der Waals surface area contributed by atoms with E-state index >= 15 is 0 Å². The summed E-state index contributed by atoms with van der Waals surface area (Å²) in [5.41, 5.74) is 0.834. The number of nitrogens with one attached hydrogen (secondary N) is 1. The average Bonchev–Trinajstić information content (AvgIpc) is 2.19. The van der Waals surface area contributed by atoms with Gasteiger partial charge in [0.2, 0.25) is 5.91 Å². The lowest BCUT2D eigenvalue weighted by Crippen LogP contribution is -2.27. The van der Waals surface area contributed by atoms with Gasteiger partial charge in [0.25, 0.3) is 0 Å². The highest BCUT2D eigenvalue weighted by molar-refractivity contribution is 6.27. The lowest BCUT2D eigenvalue weighted by molar-refractivity contribution is -0.119. The minimum atomic E-state index is -0.181. The molecular weight excluding hydrogens is 188 g/mol. The summed E-state index contributed by atoms with van der Waals surface area (Å²) in [6.45, 7) is 1.87. The lowest BCUT2D eigenvalue weighted by atomic mass is 10.2. The molecule has 0 spiro atoms. The van der Waals surface area contributed by atoms with Crippen molar-refractivity contribution in [1.82, 2.24) is 10.3 Å². The van der Waals surface area contributed by atoms with Crippen LogP contribution in [0.2, 0.25) is 0 Å². The highest BCUT2D eigenvalue weighted by Crippen LogP contribution is 2.07. The zero-order valence-corrected chi connectivity index (χ0v) is 8.08. The van der Waals surface area contributed by atoms with Gasteiger partial charge in [-0.05, 0) is 19.1 Å². The van der Waals surface area contributed by atoms with E-state index in [1.807, 2.05) is 25.1 Å². The summed E-state index contributed by atoms with van der Waals surface area (Å²) in [4.78, 5) is 15.0. The van der Waals surface area contributed by atoms with Crippen LogP contribution in [0.5, 0.6) is 0 Å². The summed E-state index contributed by atoms with van der Waals surface area (Å²) in [7, 11) is 0. The fourth-order valence-corrected chi connectivity index (χ4v) is 1.06. The second kappa shape index (κ2) is 4.82. The number of nitrogens with zero attached hydrogens (tertiary/aromatic N) is 1. The number of rotatable bonds is 3. The van der Waals surface area contributed by atoms with Crippen molar-refractivity contribution >= 4 is 17.5 Å². The molecule has 0 fully saturated rings. The molecule has 1 aromatic rings. The number of hydrogen-bond acceptors (Lipinski definition) is 2. The van der Waals surface area contributed by atoms with E-state index in [1.54, 1.807) is 6.20 Å². The Morgan fingerprint density at radius 2 is 2.46 bits per heavy atom. The van der Waals surface area contributed by atoms with Crippen molar-refractivity contribution < 1.29 is 4.79 Å². The molecule has 1 heterocycles. The van der Waals surface area contributed by atoms with Gasteiger partial charge in [-0.3, -0.25) is 9.78 Å². The number of amides is 1. The Morgan fingerprint density at radius 1 is 1.69 bits per heavy atom. The number of carbonyl (C=O) groups excluding carboxylic acids is 1. The molecule has 1 atom stereocenters. The van der Waals surface area contributed by atoms with Gasteiger partial charge in [0.1, 0.15) is 5.88 Å². The number of halogens is 1. The quantitative estimate of drug-likeness (QED) is 0.748. The van der Waals surface area contributed by atoms with Crippen molar-refractivity contribution in [3.63, 3.8) is 0 Å². The largest absolute Gasteiger partial charge is 0.347 e. The summed E-state index contributed by atoms with van der Waals surface area (Å²) in [5.74, 6) is -0.197. The van der Waals surface area contributed by atoms with Gasteiger partial charge in [0.05, 0.1) is 11.7 Å². The molecule has 1 aromatic heterocycles. The maximum atomic E-state index is 10.9. The van der Waals surface area contributed by atoms with E-state index in [-0.39, 0.29) is 17.8 Å². The first-order valence-electron chi connectivity index (χ1n) is 4.00. The molecule has 1 amide bonds. The van der Waals surface area contributed by atoms with Crippen LogP contribution in [0, 0.1) is 0 Å². The second-order valence-corrected chi connectivity index (χ2v) is 2.94. The van der Waals surface area contributed by atoms with Crippen LogP contribution in [0.15, 0.2) is 24.4 Å². The van der Waals surface area contributed by atoms with Gasteiger partial charge < -0.3 is 5.32 Å². The van der Waals surface area contributed by atoms with Crippen molar-refractivity contribution in [3.05, 3.63) is 30.1 Å². The zero-order valence-electron chi connectivity index (χ0n) is 7.33. The number of carbonyl (C=O) groups is 1. The van der Waals surface area contributed by atoms with Crippen LogP contribution in [0.4, 0.5) is 0 Å². The minimum absolute atomic E-state index is 0.0167. The maximum absolute atomic E-state index is 10.9. The summed E-state index contributed by atoms with van der Waals surface area (Å²) in [5, 5.41) is 2.71. The van der Waals surface area contributed by atoms with Gasteiger partial charge in [-0.1, -0.05) is 6.07 Å². The van der Waals surface area contributed by atoms with Crippen LogP contribution in [0.1, 0.15) is 18.7 Å². The zero-order chi connectivity index (χ0) is 9.68. The third kappa shape index (κ3) is 3.03. The normalized spacial score (nSPS) is 12.2. The van der Waals surface area contributed by atoms with Crippen LogP contribution in [0.3, 0.4) is 0 Å². The third-order valence-corrected chi connectivity index (χ3v) is 1.87. The number of aromatic nitrogens is 1. The molecule has 0 radical (unpaired) electrons. The first-order valence-corrected chi connectivity index (χ1v) is 4.53. The smallest absolute Gasteiger partial charge is 0.235 e. The molecule has 0 aliphatic carbocycles. The molecule has 0 bridgehead atoms. The maximum Gasteiger partial charge on any atom is 0.235 e. The van der Waals surface area contributed by atoms with Gasteiger partial charge in [0, 0.05) is 6.20 Å². The van der Waals surface area contributed by atoms with Gasteiger partial charge in [-0.15, -0.1) is 11.6 Å². The van der Waals surface area contributed by atoms with Crippen LogP contribution in [-0.4, -0.2) is 16.8 Å². The molecule has 4 heteroatoms. The monoisotopic (exact) mass is 198 g/mol. The van der Waals surface area contributed by atoms with Crippen molar-refractivity contribution in [1.29, 1.82) is 0 Å². The molecular formula is C9H11ClN2O. The Morgan fingerprint density at radius 3 is 3.00 bits per heavy atom. The van der Waals surface area contributed by atoms with Crippen molar-refractivity contribution in [3.8, 4) is 0 Å². The Kier molecular flexibility index (Phi) is 3.71. The van der Waals surface area contributed by atoms with Crippen LogP contribution in [-0.2, 0) is 4.79 Å². The molecule has 0 aliphatic heterocycles. The topological polar surface area (TPSA) is 42.0 Å².